The fourth-order valence-electron chi connectivity index (χ4n) is 3.24. The van der Waals surface area contributed by atoms with E-state index in [-0.39, 0.29) is 17.8 Å². The van der Waals surface area contributed by atoms with Gasteiger partial charge in [0.25, 0.3) is 11.2 Å². The lowest BCUT2D eigenvalue weighted by Crippen LogP contribution is -2.23. The number of ether oxygens (including phenoxy) is 2. The topological polar surface area (TPSA) is 96.5 Å². The number of nitrogens with zero attached hydrogens (tertiary/aromatic N) is 3. The molecule has 0 bridgehead atoms. The summed E-state index contributed by atoms with van der Waals surface area (Å²) in [6.45, 7) is 3.00. The number of hydrogen-bond acceptors (Lipinski definition) is 6. The van der Waals surface area contributed by atoms with Gasteiger partial charge in [-0.05, 0) is 36.8 Å². The fraction of sp³-hybridized carbons (Fsp3) is 0.238. The van der Waals surface area contributed by atoms with Crippen LogP contribution in [0.1, 0.15) is 17.5 Å². The van der Waals surface area contributed by atoms with Crippen LogP contribution in [0.25, 0.3) is 11.3 Å². The van der Waals surface area contributed by atoms with E-state index in [1.807, 2.05) is 18.2 Å². The Kier molecular flexibility index (Phi) is 4.99. The summed E-state index contributed by atoms with van der Waals surface area (Å²) in [6.07, 6.45) is 0.815. The Bertz CT molecular complexity index is 1140. The SMILES string of the molecule is Cc1c(Cn2nc(-c3ccc4c(c3)OCCCO4)ccc2=O)cccc1[N+](=O)[O-]. The molecular weight excluding hydrogens is 374 g/mol. The molecule has 0 fully saturated rings. The molecule has 0 unspecified atom stereocenters. The Morgan fingerprint density at radius 2 is 1.90 bits per heavy atom. The predicted octanol–water partition coefficient (Wildman–Crippen LogP) is 3.34. The molecule has 4 rings (SSSR count). The third kappa shape index (κ3) is 3.82. The first-order valence-corrected chi connectivity index (χ1v) is 9.24. The summed E-state index contributed by atoms with van der Waals surface area (Å²) < 4.78 is 12.7. The zero-order valence-corrected chi connectivity index (χ0v) is 15.8. The van der Waals surface area contributed by atoms with Gasteiger partial charge in [0.2, 0.25) is 0 Å². The van der Waals surface area contributed by atoms with Crippen LogP contribution < -0.4 is 15.0 Å². The zero-order valence-electron chi connectivity index (χ0n) is 15.8. The predicted molar refractivity (Wildman–Crippen MR) is 106 cm³/mol. The van der Waals surface area contributed by atoms with Crippen molar-refractivity contribution in [3.8, 4) is 22.8 Å². The number of hydrogen-bond donors (Lipinski definition) is 0. The quantitative estimate of drug-likeness (QED) is 0.498. The molecule has 148 valence electrons. The lowest BCUT2D eigenvalue weighted by Gasteiger charge is -2.11. The van der Waals surface area contributed by atoms with Crippen molar-refractivity contribution in [2.24, 2.45) is 0 Å². The van der Waals surface area contributed by atoms with Crippen LogP contribution in [0.4, 0.5) is 5.69 Å². The number of nitro benzene ring substituents is 1. The van der Waals surface area contributed by atoms with Crippen molar-refractivity contribution in [3.05, 3.63) is 80.1 Å². The van der Waals surface area contributed by atoms with Crippen molar-refractivity contribution in [2.45, 2.75) is 19.9 Å². The summed E-state index contributed by atoms with van der Waals surface area (Å²) in [5.74, 6) is 1.33. The first kappa shape index (κ1) is 18.7. The fourth-order valence-corrected chi connectivity index (χ4v) is 3.24. The van der Waals surface area contributed by atoms with E-state index in [2.05, 4.69) is 5.10 Å². The highest BCUT2D eigenvalue weighted by atomic mass is 16.6. The van der Waals surface area contributed by atoms with Crippen LogP contribution in [0, 0.1) is 17.0 Å². The maximum atomic E-state index is 12.3. The summed E-state index contributed by atoms with van der Waals surface area (Å²) in [4.78, 5) is 23.1. The van der Waals surface area contributed by atoms with Crippen molar-refractivity contribution in [3.63, 3.8) is 0 Å². The number of nitro groups is 1. The molecule has 2 heterocycles. The van der Waals surface area contributed by atoms with Gasteiger partial charge >= 0.3 is 0 Å². The smallest absolute Gasteiger partial charge is 0.272 e. The standard InChI is InChI=1S/C21H19N3O5/c1-14-16(4-2-5-18(14)24(26)27)13-23-21(25)9-7-17(22-23)15-6-8-19-20(12-15)29-11-3-10-28-19/h2,4-9,12H,3,10-11,13H2,1H3. The minimum Gasteiger partial charge on any atom is -0.490 e. The summed E-state index contributed by atoms with van der Waals surface area (Å²) in [6, 6.07) is 13.5. The third-order valence-electron chi connectivity index (χ3n) is 4.84. The first-order valence-electron chi connectivity index (χ1n) is 9.24. The molecule has 1 aliphatic heterocycles. The normalized spacial score (nSPS) is 13.0. The monoisotopic (exact) mass is 393 g/mol. The highest BCUT2D eigenvalue weighted by Gasteiger charge is 2.15. The minimum absolute atomic E-state index is 0.0228. The molecule has 0 amide bonds. The Morgan fingerprint density at radius 1 is 1.10 bits per heavy atom. The van der Waals surface area contributed by atoms with Gasteiger partial charge in [-0.3, -0.25) is 14.9 Å². The number of rotatable bonds is 4. The second-order valence-electron chi connectivity index (χ2n) is 6.74. The lowest BCUT2D eigenvalue weighted by atomic mass is 10.1. The summed E-state index contributed by atoms with van der Waals surface area (Å²) in [7, 11) is 0. The molecule has 0 spiro atoms. The molecule has 0 atom stereocenters. The van der Waals surface area contributed by atoms with E-state index in [0.717, 1.165) is 12.0 Å². The zero-order chi connectivity index (χ0) is 20.4. The van der Waals surface area contributed by atoms with E-state index in [0.29, 0.717) is 41.5 Å². The summed E-state index contributed by atoms with van der Waals surface area (Å²) in [5.41, 5.74) is 2.32. The minimum atomic E-state index is -0.427. The van der Waals surface area contributed by atoms with Crippen LogP contribution in [0.15, 0.2) is 53.3 Å². The molecule has 29 heavy (non-hydrogen) atoms. The Morgan fingerprint density at radius 3 is 2.69 bits per heavy atom. The molecule has 2 aromatic carbocycles. The molecule has 0 saturated heterocycles. The average molecular weight is 393 g/mol. The van der Waals surface area contributed by atoms with Gasteiger partial charge in [-0.15, -0.1) is 0 Å². The molecule has 8 nitrogen and oxygen atoms in total. The van der Waals surface area contributed by atoms with Crippen molar-refractivity contribution in [1.29, 1.82) is 0 Å². The van der Waals surface area contributed by atoms with Crippen LogP contribution in [0.2, 0.25) is 0 Å². The van der Waals surface area contributed by atoms with Crippen molar-refractivity contribution in [2.75, 3.05) is 13.2 Å². The number of fused-ring (bicyclic) bond motifs is 1. The maximum absolute atomic E-state index is 12.3. The third-order valence-corrected chi connectivity index (χ3v) is 4.84. The van der Waals surface area contributed by atoms with Gasteiger partial charge in [-0.2, -0.15) is 5.10 Å². The molecule has 0 radical (unpaired) electrons. The van der Waals surface area contributed by atoms with Gasteiger partial charge in [0.15, 0.2) is 11.5 Å². The van der Waals surface area contributed by atoms with E-state index in [1.54, 1.807) is 25.1 Å². The van der Waals surface area contributed by atoms with E-state index in [9.17, 15) is 14.9 Å². The second kappa shape index (κ2) is 7.75. The molecule has 0 saturated carbocycles. The van der Waals surface area contributed by atoms with E-state index in [4.69, 9.17) is 9.47 Å². The van der Waals surface area contributed by atoms with Gasteiger partial charge in [0.1, 0.15) is 0 Å². The number of aromatic nitrogens is 2. The molecular formula is C21H19N3O5. The van der Waals surface area contributed by atoms with E-state index >= 15 is 0 Å². The van der Waals surface area contributed by atoms with Crippen LogP contribution in [-0.4, -0.2) is 27.9 Å². The molecule has 1 aromatic heterocycles. The van der Waals surface area contributed by atoms with Crippen LogP contribution >= 0.6 is 0 Å². The summed E-state index contributed by atoms with van der Waals surface area (Å²) >= 11 is 0. The molecule has 8 heteroatoms. The van der Waals surface area contributed by atoms with Gasteiger partial charge < -0.3 is 9.47 Å². The lowest BCUT2D eigenvalue weighted by molar-refractivity contribution is -0.385. The Hall–Kier alpha value is -3.68. The largest absolute Gasteiger partial charge is 0.490 e. The highest BCUT2D eigenvalue weighted by Crippen LogP contribution is 2.33. The van der Waals surface area contributed by atoms with Crippen molar-refractivity contribution >= 4 is 5.69 Å². The second-order valence-corrected chi connectivity index (χ2v) is 6.74. The first-order chi connectivity index (χ1) is 14.0. The summed E-state index contributed by atoms with van der Waals surface area (Å²) in [5, 5.41) is 15.6. The van der Waals surface area contributed by atoms with Gasteiger partial charge in [-0.1, -0.05) is 12.1 Å². The molecule has 0 N–H and O–H groups in total. The van der Waals surface area contributed by atoms with Crippen LogP contribution in [0.3, 0.4) is 0 Å². The van der Waals surface area contributed by atoms with E-state index in [1.165, 1.54) is 16.8 Å². The van der Waals surface area contributed by atoms with Gasteiger partial charge in [0.05, 0.1) is 30.4 Å². The van der Waals surface area contributed by atoms with Crippen LogP contribution in [-0.2, 0) is 6.54 Å². The average Bonchev–Trinajstić information content (AvgIpc) is 2.95. The molecule has 0 aliphatic carbocycles. The number of benzene rings is 2. The van der Waals surface area contributed by atoms with Gasteiger partial charge in [0, 0.05) is 29.7 Å². The highest BCUT2D eigenvalue weighted by molar-refractivity contribution is 5.63. The maximum Gasteiger partial charge on any atom is 0.272 e. The van der Waals surface area contributed by atoms with Crippen molar-refractivity contribution < 1.29 is 14.4 Å². The Balaban J connectivity index is 1.69. The van der Waals surface area contributed by atoms with E-state index < -0.39 is 4.92 Å². The molecule has 3 aromatic rings. The van der Waals surface area contributed by atoms with Gasteiger partial charge in [-0.25, -0.2) is 4.68 Å². The Labute approximate surface area is 166 Å². The molecule has 1 aliphatic rings. The van der Waals surface area contributed by atoms with Crippen molar-refractivity contribution in [1.82, 2.24) is 9.78 Å². The van der Waals surface area contributed by atoms with Crippen LogP contribution in [0.5, 0.6) is 11.5 Å².